The third kappa shape index (κ3) is 3.62. The van der Waals surface area contributed by atoms with Gasteiger partial charge in [-0.3, -0.25) is 4.79 Å². The van der Waals surface area contributed by atoms with E-state index in [0.29, 0.717) is 13.0 Å². The zero-order chi connectivity index (χ0) is 14.1. The van der Waals surface area contributed by atoms with E-state index in [9.17, 15) is 9.59 Å². The monoisotopic (exact) mass is 257 g/mol. The molecule has 0 aromatic carbocycles. The van der Waals surface area contributed by atoms with E-state index in [1.807, 2.05) is 34.6 Å². The van der Waals surface area contributed by atoms with Crippen molar-refractivity contribution in [1.82, 2.24) is 4.90 Å². The molecule has 104 valence electrons. The zero-order valence-electron chi connectivity index (χ0n) is 11.8. The van der Waals surface area contributed by atoms with Crippen LogP contribution in [0.15, 0.2) is 0 Å². The first-order valence-electron chi connectivity index (χ1n) is 6.34. The average molecular weight is 257 g/mol. The highest BCUT2D eigenvalue weighted by Gasteiger charge is 2.38. The molecule has 1 aliphatic rings. The van der Waals surface area contributed by atoms with Crippen LogP contribution in [0.2, 0.25) is 0 Å². The topological polar surface area (TPSA) is 66.8 Å². The Morgan fingerprint density at radius 2 is 1.83 bits per heavy atom. The minimum atomic E-state index is -0.779. The summed E-state index contributed by atoms with van der Waals surface area (Å²) < 4.78 is 5.33. The highest BCUT2D eigenvalue weighted by molar-refractivity contribution is 5.72. The van der Waals surface area contributed by atoms with Crippen LogP contribution in [-0.2, 0) is 9.53 Å². The number of carbonyl (C=O) groups is 2. The van der Waals surface area contributed by atoms with E-state index in [1.165, 1.54) is 0 Å². The van der Waals surface area contributed by atoms with Gasteiger partial charge in [-0.1, -0.05) is 6.92 Å². The Morgan fingerprint density at radius 1 is 1.28 bits per heavy atom. The van der Waals surface area contributed by atoms with Gasteiger partial charge in [0.15, 0.2) is 0 Å². The number of carboxylic acid groups (broad SMARTS) is 1. The molecular weight excluding hydrogens is 234 g/mol. The summed E-state index contributed by atoms with van der Waals surface area (Å²) in [4.78, 5) is 24.7. The molecule has 18 heavy (non-hydrogen) atoms. The summed E-state index contributed by atoms with van der Waals surface area (Å²) in [6.45, 7) is 9.63. The highest BCUT2D eigenvalue weighted by atomic mass is 16.6. The minimum absolute atomic E-state index is 0.0498. The molecule has 0 saturated carbocycles. The van der Waals surface area contributed by atoms with Gasteiger partial charge in [-0.05, 0) is 40.0 Å². The SMILES string of the molecule is C[C@@H]1C[C@H](C(=O)O)[C@@H](C)CN1C(=O)OC(C)(C)C. The molecule has 1 heterocycles. The molecule has 1 N–H and O–H groups in total. The van der Waals surface area contributed by atoms with E-state index in [0.717, 1.165) is 0 Å². The summed E-state index contributed by atoms with van der Waals surface area (Å²) in [6.07, 6.45) is 0.126. The quantitative estimate of drug-likeness (QED) is 0.783. The number of nitrogens with zero attached hydrogens (tertiary/aromatic N) is 1. The average Bonchev–Trinajstić information content (AvgIpc) is 2.17. The molecule has 1 fully saturated rings. The second-order valence-electron chi connectivity index (χ2n) is 6.14. The molecule has 0 aromatic rings. The van der Waals surface area contributed by atoms with Crippen molar-refractivity contribution >= 4 is 12.1 Å². The van der Waals surface area contributed by atoms with Crippen molar-refractivity contribution in [3.05, 3.63) is 0 Å². The predicted octanol–water partition coefficient (Wildman–Crippen LogP) is 2.35. The van der Waals surface area contributed by atoms with E-state index in [1.54, 1.807) is 4.90 Å². The Hall–Kier alpha value is -1.26. The number of rotatable bonds is 1. The first-order chi connectivity index (χ1) is 8.11. The summed E-state index contributed by atoms with van der Waals surface area (Å²) in [5.41, 5.74) is -0.524. The van der Waals surface area contributed by atoms with Crippen LogP contribution in [0.1, 0.15) is 41.0 Å². The van der Waals surface area contributed by atoms with Crippen LogP contribution < -0.4 is 0 Å². The number of hydrogen-bond donors (Lipinski definition) is 1. The van der Waals surface area contributed by atoms with E-state index in [4.69, 9.17) is 9.84 Å². The molecule has 0 bridgehead atoms. The van der Waals surface area contributed by atoms with E-state index < -0.39 is 11.6 Å². The summed E-state index contributed by atoms with van der Waals surface area (Å²) in [5, 5.41) is 9.10. The van der Waals surface area contributed by atoms with Gasteiger partial charge in [-0.15, -0.1) is 0 Å². The molecule has 1 aliphatic heterocycles. The van der Waals surface area contributed by atoms with Gasteiger partial charge in [-0.2, -0.15) is 0 Å². The third-order valence-corrected chi connectivity index (χ3v) is 3.24. The van der Waals surface area contributed by atoms with Gasteiger partial charge in [0.25, 0.3) is 0 Å². The van der Waals surface area contributed by atoms with Crippen molar-refractivity contribution in [2.24, 2.45) is 11.8 Å². The smallest absolute Gasteiger partial charge is 0.410 e. The highest BCUT2D eigenvalue weighted by Crippen LogP contribution is 2.29. The first-order valence-corrected chi connectivity index (χ1v) is 6.34. The Balaban J connectivity index is 2.70. The van der Waals surface area contributed by atoms with Crippen LogP contribution in [0.3, 0.4) is 0 Å². The molecular formula is C13H23NO4. The lowest BCUT2D eigenvalue weighted by Crippen LogP contribution is -2.51. The van der Waals surface area contributed by atoms with Gasteiger partial charge in [0.2, 0.25) is 0 Å². The van der Waals surface area contributed by atoms with Crippen LogP contribution in [0, 0.1) is 11.8 Å². The van der Waals surface area contributed by atoms with Crippen molar-refractivity contribution in [2.45, 2.75) is 52.7 Å². The molecule has 0 spiro atoms. The molecule has 1 amide bonds. The van der Waals surface area contributed by atoms with E-state index in [-0.39, 0.29) is 24.0 Å². The third-order valence-electron chi connectivity index (χ3n) is 3.24. The number of ether oxygens (including phenoxy) is 1. The molecule has 3 atom stereocenters. The van der Waals surface area contributed by atoms with Gasteiger partial charge < -0.3 is 14.7 Å². The Bertz CT molecular complexity index is 334. The summed E-state index contributed by atoms with van der Waals surface area (Å²) in [6, 6.07) is -0.0999. The van der Waals surface area contributed by atoms with Crippen LogP contribution in [-0.4, -0.2) is 40.3 Å². The summed E-state index contributed by atoms with van der Waals surface area (Å²) >= 11 is 0. The largest absolute Gasteiger partial charge is 0.481 e. The summed E-state index contributed by atoms with van der Waals surface area (Å²) in [7, 11) is 0. The Morgan fingerprint density at radius 3 is 2.28 bits per heavy atom. The molecule has 0 unspecified atom stereocenters. The lowest BCUT2D eigenvalue weighted by Gasteiger charge is -2.40. The number of piperidine rings is 1. The Labute approximate surface area is 108 Å². The van der Waals surface area contributed by atoms with Crippen molar-refractivity contribution in [2.75, 3.05) is 6.54 Å². The van der Waals surface area contributed by atoms with Crippen LogP contribution in [0.4, 0.5) is 4.79 Å². The fourth-order valence-corrected chi connectivity index (χ4v) is 2.26. The van der Waals surface area contributed by atoms with Crippen molar-refractivity contribution in [1.29, 1.82) is 0 Å². The van der Waals surface area contributed by atoms with Crippen molar-refractivity contribution < 1.29 is 19.4 Å². The maximum Gasteiger partial charge on any atom is 0.410 e. The lowest BCUT2D eigenvalue weighted by molar-refractivity contribution is -0.146. The molecule has 5 heteroatoms. The number of hydrogen-bond acceptors (Lipinski definition) is 3. The predicted molar refractivity (Wildman–Crippen MR) is 67.3 cm³/mol. The van der Waals surface area contributed by atoms with Gasteiger partial charge >= 0.3 is 12.1 Å². The van der Waals surface area contributed by atoms with Gasteiger partial charge in [0.1, 0.15) is 5.60 Å². The molecule has 5 nitrogen and oxygen atoms in total. The number of likely N-dealkylation sites (tertiary alicyclic amines) is 1. The number of carbonyl (C=O) groups excluding carboxylic acids is 1. The van der Waals surface area contributed by atoms with Gasteiger partial charge in [-0.25, -0.2) is 4.79 Å². The normalized spacial score (nSPS) is 28.9. The first kappa shape index (κ1) is 14.8. The van der Waals surface area contributed by atoms with Crippen LogP contribution in [0.25, 0.3) is 0 Å². The van der Waals surface area contributed by atoms with Gasteiger partial charge in [0.05, 0.1) is 5.92 Å². The number of aliphatic carboxylic acids is 1. The maximum atomic E-state index is 12.0. The van der Waals surface area contributed by atoms with Crippen LogP contribution in [0.5, 0.6) is 0 Å². The summed E-state index contributed by atoms with van der Waals surface area (Å²) in [5.74, 6) is -1.21. The fourth-order valence-electron chi connectivity index (χ4n) is 2.26. The molecule has 0 aromatic heterocycles. The lowest BCUT2D eigenvalue weighted by atomic mass is 9.83. The molecule has 1 rings (SSSR count). The van der Waals surface area contributed by atoms with E-state index in [2.05, 4.69) is 0 Å². The maximum absolute atomic E-state index is 12.0. The minimum Gasteiger partial charge on any atom is -0.481 e. The number of amides is 1. The molecule has 0 radical (unpaired) electrons. The van der Waals surface area contributed by atoms with E-state index >= 15 is 0 Å². The second kappa shape index (κ2) is 5.16. The van der Waals surface area contributed by atoms with Crippen LogP contribution >= 0.6 is 0 Å². The molecule has 1 saturated heterocycles. The van der Waals surface area contributed by atoms with Crippen molar-refractivity contribution in [3.8, 4) is 0 Å². The van der Waals surface area contributed by atoms with Crippen molar-refractivity contribution in [3.63, 3.8) is 0 Å². The standard InChI is InChI=1S/C13H23NO4/c1-8-7-14(12(17)18-13(3,4)5)9(2)6-10(8)11(15)16/h8-10H,6-7H2,1-5H3,(H,15,16)/t8-,9+,10-/m0/s1. The van der Waals surface area contributed by atoms with Gasteiger partial charge in [0, 0.05) is 12.6 Å². The molecule has 0 aliphatic carbocycles. The fraction of sp³-hybridized carbons (Fsp3) is 0.846. The zero-order valence-corrected chi connectivity index (χ0v) is 11.8. The number of carboxylic acids is 1. The Kier molecular flexibility index (Phi) is 4.24. The second-order valence-corrected chi connectivity index (χ2v) is 6.14.